The van der Waals surface area contributed by atoms with E-state index in [9.17, 15) is 4.79 Å². The average Bonchev–Trinajstić information content (AvgIpc) is 2.66. The molecule has 1 unspecified atom stereocenters. The zero-order valence-corrected chi connectivity index (χ0v) is 16.8. The summed E-state index contributed by atoms with van der Waals surface area (Å²) in [4.78, 5) is 12.0. The lowest BCUT2D eigenvalue weighted by atomic mass is 10.0. The summed E-state index contributed by atoms with van der Waals surface area (Å²) in [6.45, 7) is 9.79. The number of methoxy groups -OCH3 is 1. The fraction of sp³-hybridized carbons (Fsp3) is 0.435. The number of rotatable bonds is 10. The summed E-state index contributed by atoms with van der Waals surface area (Å²) < 4.78 is 17.2. The molecule has 0 saturated carbocycles. The predicted molar refractivity (Wildman–Crippen MR) is 110 cm³/mol. The molecule has 4 heteroatoms. The topological polar surface area (TPSA) is 44.8 Å². The number of unbranched alkanes of at least 4 members (excludes halogenated alkanes) is 2. The Kier molecular flexibility index (Phi) is 7.71. The molecule has 27 heavy (non-hydrogen) atoms. The van der Waals surface area contributed by atoms with Crippen LogP contribution in [0.4, 0.5) is 0 Å². The summed E-state index contributed by atoms with van der Waals surface area (Å²) in [5.74, 6) is 1.26. The van der Waals surface area contributed by atoms with Crippen molar-refractivity contribution in [3.8, 4) is 11.5 Å². The molecular weight excluding hydrogens is 340 g/mol. The van der Waals surface area contributed by atoms with E-state index in [1.165, 1.54) is 0 Å². The number of aryl methyl sites for hydroxylation is 1. The van der Waals surface area contributed by atoms with E-state index in [1.807, 2.05) is 37.3 Å². The molecule has 0 aliphatic carbocycles. The number of fused-ring (bicyclic) bond motifs is 1. The molecule has 0 aliphatic heterocycles. The van der Waals surface area contributed by atoms with Crippen molar-refractivity contribution in [3.05, 3.63) is 48.0 Å². The van der Waals surface area contributed by atoms with E-state index in [2.05, 4.69) is 13.5 Å². The molecule has 2 rings (SSSR count). The first-order chi connectivity index (χ1) is 13.0. The number of ether oxygens (including phenoxy) is 3. The second-order valence-corrected chi connectivity index (χ2v) is 6.88. The highest BCUT2D eigenvalue weighted by molar-refractivity contribution is 5.94. The molecule has 0 aromatic heterocycles. The van der Waals surface area contributed by atoms with Crippen LogP contribution in [0.5, 0.6) is 11.5 Å². The van der Waals surface area contributed by atoms with Gasteiger partial charge in [-0.05, 0) is 38.3 Å². The van der Waals surface area contributed by atoms with E-state index in [4.69, 9.17) is 14.2 Å². The molecule has 0 bridgehead atoms. The largest absolute Gasteiger partial charge is 0.496 e. The van der Waals surface area contributed by atoms with Crippen molar-refractivity contribution in [2.75, 3.05) is 13.7 Å². The van der Waals surface area contributed by atoms with Crippen LogP contribution in [0.2, 0.25) is 0 Å². The van der Waals surface area contributed by atoms with Gasteiger partial charge < -0.3 is 14.2 Å². The summed E-state index contributed by atoms with van der Waals surface area (Å²) >= 11 is 0. The standard InChI is InChI=1S/C23H30O4/c1-6-7-8-11-18(27-23(24)16(2)3)15-26-22-17(4)14-21(25-5)19-12-9-10-13-20(19)22/h9-10,12-14,18H,2,6-8,11,15H2,1,3-5H3. The molecule has 0 saturated heterocycles. The third kappa shape index (κ3) is 5.49. The van der Waals surface area contributed by atoms with Crippen molar-refractivity contribution in [2.24, 2.45) is 0 Å². The lowest BCUT2D eigenvalue weighted by molar-refractivity contribution is -0.146. The number of hydrogen-bond acceptors (Lipinski definition) is 4. The molecule has 146 valence electrons. The van der Waals surface area contributed by atoms with Crippen LogP contribution in [-0.4, -0.2) is 25.8 Å². The molecule has 4 nitrogen and oxygen atoms in total. The Morgan fingerprint density at radius 3 is 2.52 bits per heavy atom. The number of benzene rings is 2. The number of carbonyl (C=O) groups excluding carboxylic acids is 1. The van der Waals surface area contributed by atoms with Crippen LogP contribution in [0.3, 0.4) is 0 Å². The van der Waals surface area contributed by atoms with Crippen LogP contribution in [0.25, 0.3) is 10.8 Å². The highest BCUT2D eigenvalue weighted by Crippen LogP contribution is 2.36. The minimum Gasteiger partial charge on any atom is -0.496 e. The van der Waals surface area contributed by atoms with E-state index in [0.29, 0.717) is 12.2 Å². The van der Waals surface area contributed by atoms with Crippen molar-refractivity contribution in [1.29, 1.82) is 0 Å². The van der Waals surface area contributed by atoms with Gasteiger partial charge in [-0.3, -0.25) is 0 Å². The van der Waals surface area contributed by atoms with Crippen LogP contribution in [0, 0.1) is 6.92 Å². The van der Waals surface area contributed by atoms with Gasteiger partial charge in [0.05, 0.1) is 7.11 Å². The number of hydrogen-bond donors (Lipinski definition) is 0. The van der Waals surface area contributed by atoms with Gasteiger partial charge in [-0.1, -0.05) is 50.6 Å². The van der Waals surface area contributed by atoms with Crippen molar-refractivity contribution in [1.82, 2.24) is 0 Å². The van der Waals surface area contributed by atoms with Crippen LogP contribution in [-0.2, 0) is 9.53 Å². The Bertz CT molecular complexity index is 794. The summed E-state index contributed by atoms with van der Waals surface area (Å²) in [5, 5.41) is 2.00. The molecule has 0 radical (unpaired) electrons. The van der Waals surface area contributed by atoms with Gasteiger partial charge in [-0.2, -0.15) is 0 Å². The molecule has 0 N–H and O–H groups in total. The van der Waals surface area contributed by atoms with E-state index in [-0.39, 0.29) is 12.1 Å². The fourth-order valence-corrected chi connectivity index (χ4v) is 3.04. The maximum atomic E-state index is 12.0. The normalized spacial score (nSPS) is 11.9. The van der Waals surface area contributed by atoms with Gasteiger partial charge >= 0.3 is 5.97 Å². The van der Waals surface area contributed by atoms with Gasteiger partial charge in [0.1, 0.15) is 24.2 Å². The monoisotopic (exact) mass is 370 g/mol. The van der Waals surface area contributed by atoms with Crippen molar-refractivity contribution >= 4 is 16.7 Å². The Morgan fingerprint density at radius 1 is 1.19 bits per heavy atom. The van der Waals surface area contributed by atoms with E-state index in [1.54, 1.807) is 14.0 Å². The Hall–Kier alpha value is -2.49. The first-order valence-electron chi connectivity index (χ1n) is 9.53. The predicted octanol–water partition coefficient (Wildman–Crippen LogP) is 5.60. The molecule has 0 fully saturated rings. The van der Waals surface area contributed by atoms with E-state index >= 15 is 0 Å². The maximum absolute atomic E-state index is 12.0. The molecule has 0 amide bonds. The first kappa shape index (κ1) is 20.8. The van der Waals surface area contributed by atoms with Gasteiger partial charge in [0.15, 0.2) is 0 Å². The molecule has 2 aromatic rings. The van der Waals surface area contributed by atoms with Gasteiger partial charge in [0.2, 0.25) is 0 Å². The highest BCUT2D eigenvalue weighted by atomic mass is 16.6. The van der Waals surface area contributed by atoms with Crippen LogP contribution in [0.1, 0.15) is 45.1 Å². The summed E-state index contributed by atoms with van der Waals surface area (Å²) in [6, 6.07) is 9.97. The minimum atomic E-state index is -0.364. The van der Waals surface area contributed by atoms with Gasteiger partial charge in [0, 0.05) is 16.3 Å². The Labute approximate surface area is 162 Å². The molecule has 0 aliphatic rings. The zero-order chi connectivity index (χ0) is 19.8. The van der Waals surface area contributed by atoms with Crippen LogP contribution < -0.4 is 9.47 Å². The molecule has 2 aromatic carbocycles. The minimum absolute atomic E-state index is 0.291. The number of carbonyl (C=O) groups is 1. The van der Waals surface area contributed by atoms with Crippen LogP contribution >= 0.6 is 0 Å². The maximum Gasteiger partial charge on any atom is 0.333 e. The average molecular weight is 370 g/mol. The van der Waals surface area contributed by atoms with Gasteiger partial charge in [-0.25, -0.2) is 4.79 Å². The fourth-order valence-electron chi connectivity index (χ4n) is 3.04. The molecular formula is C23H30O4. The Morgan fingerprint density at radius 2 is 1.89 bits per heavy atom. The second kappa shape index (κ2) is 10.0. The van der Waals surface area contributed by atoms with E-state index < -0.39 is 0 Å². The quantitative estimate of drug-likeness (QED) is 0.310. The summed E-state index contributed by atoms with van der Waals surface area (Å²) in [6.07, 6.45) is 3.70. The molecule has 0 heterocycles. The number of esters is 1. The van der Waals surface area contributed by atoms with Crippen molar-refractivity contribution in [3.63, 3.8) is 0 Å². The summed E-state index contributed by atoms with van der Waals surface area (Å²) in [7, 11) is 1.67. The molecule has 0 spiro atoms. The smallest absolute Gasteiger partial charge is 0.333 e. The summed E-state index contributed by atoms with van der Waals surface area (Å²) in [5.41, 5.74) is 1.39. The van der Waals surface area contributed by atoms with Gasteiger partial charge in [0.25, 0.3) is 0 Å². The van der Waals surface area contributed by atoms with Crippen LogP contribution in [0.15, 0.2) is 42.5 Å². The highest BCUT2D eigenvalue weighted by Gasteiger charge is 2.18. The third-order valence-corrected chi connectivity index (χ3v) is 4.53. The second-order valence-electron chi connectivity index (χ2n) is 6.88. The van der Waals surface area contributed by atoms with Crippen molar-refractivity contribution in [2.45, 2.75) is 52.6 Å². The third-order valence-electron chi connectivity index (χ3n) is 4.53. The first-order valence-corrected chi connectivity index (χ1v) is 9.53. The lowest BCUT2D eigenvalue weighted by Gasteiger charge is -2.21. The zero-order valence-electron chi connectivity index (χ0n) is 16.8. The SMILES string of the molecule is C=C(C)C(=O)OC(CCCCC)COc1c(C)cc(OC)c2ccccc12. The Balaban J connectivity index is 2.21. The van der Waals surface area contributed by atoms with Crippen molar-refractivity contribution < 1.29 is 19.0 Å². The lowest BCUT2D eigenvalue weighted by Crippen LogP contribution is -2.25. The van der Waals surface area contributed by atoms with Gasteiger partial charge in [-0.15, -0.1) is 0 Å². The van der Waals surface area contributed by atoms with E-state index in [0.717, 1.165) is 53.5 Å². The molecule has 1 atom stereocenters.